The minimum Gasteiger partial charge on any atom is -0.481 e. The first kappa shape index (κ1) is 17.9. The molecule has 0 radical (unpaired) electrons. The Bertz CT molecular complexity index is 339. The van der Waals surface area contributed by atoms with Gasteiger partial charge in [0.25, 0.3) is 0 Å². The van der Waals surface area contributed by atoms with E-state index in [2.05, 4.69) is 16.7 Å². The number of hydrogen-bond acceptors (Lipinski definition) is 4. The van der Waals surface area contributed by atoms with Crippen molar-refractivity contribution in [1.82, 2.24) is 14.7 Å². The van der Waals surface area contributed by atoms with Gasteiger partial charge in [0.1, 0.15) is 0 Å². The number of piperidine rings is 1. The van der Waals surface area contributed by atoms with Crippen LogP contribution in [0.25, 0.3) is 0 Å². The Morgan fingerprint density at radius 3 is 2.24 bits per heavy atom. The fourth-order valence-corrected chi connectivity index (χ4v) is 2.59. The number of nitrogens with zero attached hydrogens (tertiary/aromatic N) is 3. The molecule has 1 saturated heterocycles. The fraction of sp³-hybridized carbons (Fsp3) is 0.867. The largest absolute Gasteiger partial charge is 0.481 e. The fourth-order valence-electron chi connectivity index (χ4n) is 2.59. The molecule has 21 heavy (non-hydrogen) atoms. The number of carboxylic acid groups (broad SMARTS) is 1. The second-order valence-corrected chi connectivity index (χ2v) is 6.07. The van der Waals surface area contributed by atoms with E-state index in [4.69, 9.17) is 5.11 Å². The average Bonchev–Trinajstić information content (AvgIpc) is 2.45. The molecule has 1 rings (SSSR count). The van der Waals surface area contributed by atoms with Gasteiger partial charge < -0.3 is 14.9 Å². The maximum Gasteiger partial charge on any atom is 0.306 e. The molecule has 0 unspecified atom stereocenters. The van der Waals surface area contributed by atoms with Gasteiger partial charge in [-0.2, -0.15) is 0 Å². The van der Waals surface area contributed by atoms with Crippen LogP contribution in [-0.2, 0) is 9.59 Å². The molecule has 122 valence electrons. The molecule has 1 heterocycles. The van der Waals surface area contributed by atoms with Crippen molar-refractivity contribution < 1.29 is 14.7 Å². The first-order valence-electron chi connectivity index (χ1n) is 7.81. The topological polar surface area (TPSA) is 64.1 Å². The van der Waals surface area contributed by atoms with Crippen LogP contribution in [0.5, 0.6) is 0 Å². The molecule has 1 N–H and O–H groups in total. The van der Waals surface area contributed by atoms with Crippen LogP contribution >= 0.6 is 0 Å². The highest BCUT2D eigenvalue weighted by Crippen LogP contribution is 2.17. The number of carbonyl (C=O) groups is 2. The van der Waals surface area contributed by atoms with Crippen molar-refractivity contribution in [3.63, 3.8) is 0 Å². The van der Waals surface area contributed by atoms with E-state index < -0.39 is 5.97 Å². The Balaban J connectivity index is 2.41. The van der Waals surface area contributed by atoms with E-state index in [0.717, 1.165) is 26.1 Å². The van der Waals surface area contributed by atoms with E-state index in [1.54, 1.807) is 0 Å². The maximum absolute atomic E-state index is 12.3. The number of rotatable bonds is 8. The standard InChI is InChI=1S/C15H29N3O3/c1-4-7-17(11-10-16(2)3)12-14(19)18-8-5-13(6-9-18)15(20)21/h13H,4-12H2,1-3H3,(H,20,21). The number of carbonyl (C=O) groups excluding carboxylic acids is 1. The number of likely N-dealkylation sites (tertiary alicyclic amines) is 1. The molecule has 0 aliphatic carbocycles. The summed E-state index contributed by atoms with van der Waals surface area (Å²) in [5, 5.41) is 8.98. The van der Waals surface area contributed by atoms with Crippen molar-refractivity contribution in [3.05, 3.63) is 0 Å². The lowest BCUT2D eigenvalue weighted by molar-refractivity contribution is -0.146. The highest BCUT2D eigenvalue weighted by Gasteiger charge is 2.27. The Hall–Kier alpha value is -1.14. The average molecular weight is 299 g/mol. The van der Waals surface area contributed by atoms with Crippen molar-refractivity contribution in [2.45, 2.75) is 26.2 Å². The van der Waals surface area contributed by atoms with Crippen molar-refractivity contribution in [3.8, 4) is 0 Å². The van der Waals surface area contributed by atoms with Crippen LogP contribution in [0, 0.1) is 5.92 Å². The number of aliphatic carboxylic acids is 1. The minimum atomic E-state index is -0.735. The Morgan fingerprint density at radius 2 is 1.76 bits per heavy atom. The normalized spacial score (nSPS) is 16.7. The van der Waals surface area contributed by atoms with Crippen LogP contribution in [0.15, 0.2) is 0 Å². The summed E-state index contributed by atoms with van der Waals surface area (Å²) in [5.74, 6) is -0.888. The monoisotopic (exact) mass is 299 g/mol. The Kier molecular flexibility index (Phi) is 7.67. The lowest BCUT2D eigenvalue weighted by Crippen LogP contribution is -2.46. The molecule has 1 aliphatic rings. The Morgan fingerprint density at radius 1 is 1.14 bits per heavy atom. The summed E-state index contributed by atoms with van der Waals surface area (Å²) in [6.45, 7) is 6.45. The second-order valence-electron chi connectivity index (χ2n) is 6.07. The molecule has 1 aliphatic heterocycles. The SMILES string of the molecule is CCCN(CCN(C)C)CC(=O)N1CCC(C(=O)O)CC1. The third kappa shape index (κ3) is 6.44. The lowest BCUT2D eigenvalue weighted by Gasteiger charge is -2.32. The van der Waals surface area contributed by atoms with Gasteiger partial charge in [-0.1, -0.05) is 6.92 Å². The molecule has 6 heteroatoms. The predicted molar refractivity (Wildman–Crippen MR) is 82.2 cm³/mol. The molecule has 0 aromatic carbocycles. The van der Waals surface area contributed by atoms with Gasteiger partial charge in [-0.05, 0) is 39.9 Å². The summed E-state index contributed by atoms with van der Waals surface area (Å²) in [4.78, 5) is 29.4. The highest BCUT2D eigenvalue weighted by atomic mass is 16.4. The van der Waals surface area contributed by atoms with Gasteiger partial charge in [-0.25, -0.2) is 0 Å². The summed E-state index contributed by atoms with van der Waals surface area (Å²) in [5.41, 5.74) is 0. The first-order valence-corrected chi connectivity index (χ1v) is 7.81. The number of likely N-dealkylation sites (N-methyl/N-ethyl adjacent to an activating group) is 1. The van der Waals surface area contributed by atoms with Crippen molar-refractivity contribution in [2.75, 3.05) is 53.4 Å². The van der Waals surface area contributed by atoms with Crippen molar-refractivity contribution >= 4 is 11.9 Å². The van der Waals surface area contributed by atoms with Crippen molar-refractivity contribution in [2.24, 2.45) is 5.92 Å². The van der Waals surface area contributed by atoms with Gasteiger partial charge in [0.15, 0.2) is 0 Å². The van der Waals surface area contributed by atoms with E-state index in [-0.39, 0.29) is 11.8 Å². The Labute approximate surface area is 127 Å². The van der Waals surface area contributed by atoms with E-state index >= 15 is 0 Å². The number of amides is 1. The zero-order chi connectivity index (χ0) is 15.8. The smallest absolute Gasteiger partial charge is 0.306 e. The summed E-state index contributed by atoms with van der Waals surface area (Å²) in [7, 11) is 4.06. The minimum absolute atomic E-state index is 0.131. The molecule has 0 atom stereocenters. The zero-order valence-electron chi connectivity index (χ0n) is 13.5. The van der Waals surface area contributed by atoms with Gasteiger partial charge in [-0.15, -0.1) is 0 Å². The van der Waals surface area contributed by atoms with Gasteiger partial charge in [0.2, 0.25) is 5.91 Å². The molecular formula is C15H29N3O3. The summed E-state index contributed by atoms with van der Waals surface area (Å²) < 4.78 is 0. The van der Waals surface area contributed by atoms with Gasteiger partial charge in [0.05, 0.1) is 12.5 Å². The molecule has 0 saturated carbocycles. The van der Waals surface area contributed by atoms with Crippen LogP contribution in [0.2, 0.25) is 0 Å². The van der Waals surface area contributed by atoms with Crippen LogP contribution in [0.4, 0.5) is 0 Å². The van der Waals surface area contributed by atoms with Crippen LogP contribution in [-0.4, -0.2) is 85.0 Å². The van der Waals surface area contributed by atoms with Crippen molar-refractivity contribution in [1.29, 1.82) is 0 Å². The quantitative estimate of drug-likeness (QED) is 0.710. The van der Waals surface area contributed by atoms with E-state index in [1.807, 2.05) is 19.0 Å². The molecule has 0 aromatic rings. The van der Waals surface area contributed by atoms with Gasteiger partial charge in [0, 0.05) is 26.2 Å². The molecule has 1 amide bonds. The van der Waals surface area contributed by atoms with Gasteiger partial charge in [-0.3, -0.25) is 14.5 Å². The highest BCUT2D eigenvalue weighted by molar-refractivity contribution is 5.79. The molecule has 1 fully saturated rings. The van der Waals surface area contributed by atoms with E-state index in [1.165, 1.54) is 0 Å². The lowest BCUT2D eigenvalue weighted by atomic mass is 9.97. The summed E-state index contributed by atoms with van der Waals surface area (Å²) in [6.07, 6.45) is 2.18. The van der Waals surface area contributed by atoms with E-state index in [9.17, 15) is 9.59 Å². The van der Waals surface area contributed by atoms with Gasteiger partial charge >= 0.3 is 5.97 Å². The number of carboxylic acids is 1. The maximum atomic E-state index is 12.3. The van der Waals surface area contributed by atoms with E-state index in [0.29, 0.717) is 32.5 Å². The molecule has 0 spiro atoms. The third-order valence-electron chi connectivity index (χ3n) is 3.96. The van der Waals surface area contributed by atoms with Crippen LogP contribution in [0.1, 0.15) is 26.2 Å². The summed E-state index contributed by atoms with van der Waals surface area (Å²) >= 11 is 0. The van der Waals surface area contributed by atoms with Crippen LogP contribution in [0.3, 0.4) is 0 Å². The second kappa shape index (κ2) is 9.00. The molecule has 0 bridgehead atoms. The molecule has 0 aromatic heterocycles. The first-order chi connectivity index (χ1) is 9.93. The summed E-state index contributed by atoms with van der Waals surface area (Å²) in [6, 6.07) is 0. The van der Waals surface area contributed by atoms with Crippen LogP contribution < -0.4 is 0 Å². The zero-order valence-corrected chi connectivity index (χ0v) is 13.5. The molecular weight excluding hydrogens is 270 g/mol. The third-order valence-corrected chi connectivity index (χ3v) is 3.96. The number of hydrogen-bond donors (Lipinski definition) is 1. The molecule has 6 nitrogen and oxygen atoms in total. The predicted octanol–water partition coefficient (Wildman–Crippen LogP) is 0.583.